The quantitative estimate of drug-likeness (QED) is 0.0746. The average molecular weight is 637 g/mol. The molecule has 8 nitrogen and oxygen atoms in total. The van der Waals surface area contributed by atoms with Crippen LogP contribution >= 0.6 is 7.60 Å². The number of halogens is 1. The van der Waals surface area contributed by atoms with Crippen molar-refractivity contribution in [3.05, 3.63) is 77.6 Å². The molecule has 0 aliphatic rings. The van der Waals surface area contributed by atoms with Crippen molar-refractivity contribution in [3.63, 3.8) is 0 Å². The zero-order valence-electron chi connectivity index (χ0n) is 26.7. The van der Waals surface area contributed by atoms with Gasteiger partial charge in [0, 0.05) is 59.9 Å². The third-order valence-corrected chi connectivity index (χ3v) is 9.77. The van der Waals surface area contributed by atoms with Crippen LogP contribution in [0.25, 0.3) is 33.4 Å². The number of hydrogen-bond donors (Lipinski definition) is 1. The van der Waals surface area contributed by atoms with E-state index in [2.05, 4.69) is 24.1 Å². The van der Waals surface area contributed by atoms with Gasteiger partial charge in [-0.3, -0.25) is 14.2 Å². The Balaban J connectivity index is 1.72. The van der Waals surface area contributed by atoms with Crippen LogP contribution < -0.4 is 10.2 Å². The number of hydrogen-bond acceptors (Lipinski definition) is 7. The van der Waals surface area contributed by atoms with Gasteiger partial charge in [-0.25, -0.2) is 4.39 Å². The maximum Gasteiger partial charge on any atom is 0.330 e. The number of rotatable bonds is 16. The molecule has 10 heteroatoms. The molecule has 0 saturated heterocycles. The SMILES string of the molecule is CCOP(=O)(CCCNC(=O)c1cccc(-c2cc3c(C(=O)CC)c(-c4ccc(F)cc4)oc3cc2N(CC)CC)c1)OCC. The number of anilines is 1. The van der Waals surface area contributed by atoms with Crippen molar-refractivity contribution in [1.82, 2.24) is 5.32 Å². The Morgan fingerprint density at radius 3 is 2.22 bits per heavy atom. The van der Waals surface area contributed by atoms with Gasteiger partial charge in [0.2, 0.25) is 0 Å². The van der Waals surface area contributed by atoms with E-state index in [1.54, 1.807) is 39.0 Å². The maximum absolute atomic E-state index is 13.7. The Labute approximate surface area is 264 Å². The highest BCUT2D eigenvalue weighted by molar-refractivity contribution is 7.53. The van der Waals surface area contributed by atoms with Gasteiger partial charge in [0.05, 0.1) is 24.9 Å². The van der Waals surface area contributed by atoms with Crippen LogP contribution in [-0.4, -0.2) is 50.7 Å². The third kappa shape index (κ3) is 7.90. The molecule has 0 unspecified atom stereocenters. The van der Waals surface area contributed by atoms with E-state index in [4.69, 9.17) is 13.5 Å². The van der Waals surface area contributed by atoms with E-state index >= 15 is 0 Å². The highest BCUT2D eigenvalue weighted by Gasteiger charge is 2.25. The first-order chi connectivity index (χ1) is 21.7. The van der Waals surface area contributed by atoms with Crippen LogP contribution in [0.5, 0.6) is 0 Å². The molecule has 0 radical (unpaired) electrons. The predicted octanol–water partition coefficient (Wildman–Crippen LogP) is 8.73. The van der Waals surface area contributed by atoms with E-state index in [1.807, 2.05) is 30.3 Å². The van der Waals surface area contributed by atoms with Crippen LogP contribution in [0.2, 0.25) is 0 Å². The van der Waals surface area contributed by atoms with Crippen molar-refractivity contribution in [2.24, 2.45) is 0 Å². The highest BCUT2D eigenvalue weighted by Crippen LogP contribution is 2.48. The van der Waals surface area contributed by atoms with Gasteiger partial charge in [-0.2, -0.15) is 0 Å². The van der Waals surface area contributed by atoms with E-state index in [0.29, 0.717) is 46.4 Å². The molecule has 3 aromatic carbocycles. The minimum absolute atomic E-state index is 0.0824. The Morgan fingerprint density at radius 1 is 0.911 bits per heavy atom. The molecule has 1 amide bonds. The molecular weight excluding hydrogens is 594 g/mol. The smallest absolute Gasteiger partial charge is 0.330 e. The molecule has 1 aromatic heterocycles. The van der Waals surface area contributed by atoms with Gasteiger partial charge in [-0.05, 0) is 82.1 Å². The van der Waals surface area contributed by atoms with E-state index < -0.39 is 7.60 Å². The molecule has 0 aliphatic heterocycles. The van der Waals surface area contributed by atoms with Gasteiger partial charge in [0.15, 0.2) is 5.78 Å². The van der Waals surface area contributed by atoms with E-state index in [-0.39, 0.29) is 43.3 Å². The average Bonchev–Trinajstić information content (AvgIpc) is 3.42. The molecule has 4 aromatic rings. The largest absolute Gasteiger partial charge is 0.455 e. The number of amides is 1. The molecule has 1 heterocycles. The van der Waals surface area contributed by atoms with Crippen molar-refractivity contribution in [2.45, 2.75) is 47.5 Å². The van der Waals surface area contributed by atoms with Crippen molar-refractivity contribution < 1.29 is 32.0 Å². The maximum atomic E-state index is 13.7. The van der Waals surface area contributed by atoms with Crippen LogP contribution in [0.3, 0.4) is 0 Å². The lowest BCUT2D eigenvalue weighted by Crippen LogP contribution is -2.25. The molecule has 45 heavy (non-hydrogen) atoms. The van der Waals surface area contributed by atoms with Gasteiger partial charge < -0.3 is 23.7 Å². The van der Waals surface area contributed by atoms with Crippen LogP contribution in [0.4, 0.5) is 10.1 Å². The summed E-state index contributed by atoms with van der Waals surface area (Å²) in [5, 5.41) is 3.57. The highest BCUT2D eigenvalue weighted by atomic mass is 31.2. The zero-order chi connectivity index (χ0) is 32.6. The first-order valence-corrected chi connectivity index (χ1v) is 17.3. The van der Waals surface area contributed by atoms with Gasteiger partial charge in [-0.15, -0.1) is 0 Å². The number of furan rings is 1. The number of carbonyl (C=O) groups excluding carboxylic acids is 2. The lowest BCUT2D eigenvalue weighted by molar-refractivity contribution is 0.0951. The lowest BCUT2D eigenvalue weighted by atomic mass is 9.95. The molecular formula is C35H42FN2O6P. The normalized spacial score (nSPS) is 11.6. The molecule has 0 saturated carbocycles. The van der Waals surface area contributed by atoms with Crippen molar-refractivity contribution >= 4 is 35.9 Å². The van der Waals surface area contributed by atoms with Gasteiger partial charge in [-0.1, -0.05) is 19.1 Å². The first kappa shape index (κ1) is 34.1. The second-order valence-corrected chi connectivity index (χ2v) is 12.7. The topological polar surface area (TPSA) is 98.1 Å². The number of fused-ring (bicyclic) bond motifs is 1. The second-order valence-electron chi connectivity index (χ2n) is 10.5. The molecule has 0 bridgehead atoms. The van der Waals surface area contributed by atoms with Crippen LogP contribution in [-0.2, 0) is 13.6 Å². The van der Waals surface area contributed by atoms with Gasteiger partial charge in [0.25, 0.3) is 5.91 Å². The summed E-state index contributed by atoms with van der Waals surface area (Å²) in [6.45, 7) is 11.8. The second kappa shape index (κ2) is 15.5. The van der Waals surface area contributed by atoms with Crippen molar-refractivity contribution in [3.8, 4) is 22.5 Å². The Morgan fingerprint density at radius 2 is 1.60 bits per heavy atom. The Bertz CT molecular complexity index is 1670. The molecule has 4 rings (SSSR count). The minimum Gasteiger partial charge on any atom is -0.455 e. The van der Waals surface area contributed by atoms with E-state index in [9.17, 15) is 18.5 Å². The van der Waals surface area contributed by atoms with Crippen LogP contribution in [0.1, 0.15) is 68.2 Å². The van der Waals surface area contributed by atoms with Crippen molar-refractivity contribution in [1.29, 1.82) is 0 Å². The molecule has 0 atom stereocenters. The fourth-order valence-corrected chi connectivity index (χ4v) is 7.08. The summed E-state index contributed by atoms with van der Waals surface area (Å²) < 4.78 is 43.5. The van der Waals surface area contributed by atoms with Crippen molar-refractivity contribution in [2.75, 3.05) is 43.9 Å². The Hall–Kier alpha value is -3.78. The summed E-state index contributed by atoms with van der Waals surface area (Å²) in [6.07, 6.45) is 0.929. The van der Waals surface area contributed by atoms with E-state index in [0.717, 1.165) is 29.9 Å². The standard InChI is InChI=1S/C35H42FN2O6P/c1-6-31(39)33-29-22-28(30(38(7-2)8-3)23-32(29)44-34(33)24-15-17-27(36)18-16-24)25-13-11-14-26(21-25)35(40)37-19-12-20-45(41,42-9-4)43-10-5/h11,13-18,21-23H,6-10,12,19-20H2,1-5H3,(H,37,40). The number of carbonyl (C=O) groups is 2. The third-order valence-electron chi connectivity index (χ3n) is 7.60. The number of ketones is 1. The summed E-state index contributed by atoms with van der Waals surface area (Å²) in [4.78, 5) is 28.7. The number of Topliss-reactive ketones (excluding diaryl/α,β-unsaturated/α-hetero) is 1. The molecule has 0 fully saturated rings. The van der Waals surface area contributed by atoms with Crippen LogP contribution in [0, 0.1) is 5.82 Å². The summed E-state index contributed by atoms with van der Waals surface area (Å²) in [7, 11) is -3.18. The zero-order valence-corrected chi connectivity index (χ0v) is 27.5. The van der Waals surface area contributed by atoms with E-state index in [1.165, 1.54) is 12.1 Å². The summed E-state index contributed by atoms with van der Waals surface area (Å²) in [5.41, 5.74) is 4.67. The fourth-order valence-electron chi connectivity index (χ4n) is 5.41. The molecule has 240 valence electrons. The molecule has 0 aliphatic carbocycles. The van der Waals surface area contributed by atoms with Gasteiger partial charge in [0.1, 0.15) is 17.2 Å². The summed E-state index contributed by atoms with van der Waals surface area (Å²) in [5.74, 6) is -0.301. The number of nitrogens with one attached hydrogen (secondary N) is 1. The first-order valence-electron chi connectivity index (χ1n) is 15.6. The lowest BCUT2D eigenvalue weighted by Gasteiger charge is -2.24. The molecule has 1 N–H and O–H groups in total. The number of benzene rings is 3. The predicted molar refractivity (Wildman–Crippen MR) is 178 cm³/mol. The summed E-state index contributed by atoms with van der Waals surface area (Å²) >= 11 is 0. The van der Waals surface area contributed by atoms with Crippen LogP contribution in [0.15, 0.2) is 65.1 Å². The fraction of sp³-hybridized carbons (Fsp3) is 0.371. The monoisotopic (exact) mass is 636 g/mol. The Kier molecular flexibility index (Phi) is 11.7. The number of nitrogens with zero attached hydrogens (tertiary/aromatic N) is 1. The molecule has 0 spiro atoms. The summed E-state index contributed by atoms with van der Waals surface area (Å²) in [6, 6.07) is 17.2. The minimum atomic E-state index is -3.18. The van der Waals surface area contributed by atoms with Gasteiger partial charge >= 0.3 is 7.60 Å².